The van der Waals surface area contributed by atoms with Crippen molar-refractivity contribution in [1.29, 1.82) is 0 Å². The minimum Gasteiger partial charge on any atom is -0.493 e. The minimum atomic E-state index is -4.53. The van der Waals surface area contributed by atoms with E-state index in [4.69, 9.17) is 25.8 Å². The molecule has 0 bridgehead atoms. The van der Waals surface area contributed by atoms with E-state index in [0.717, 1.165) is 38.2 Å². The standard InChI is InChI=1S/C30H29ClF3N5O4/c1-41-26-16-22-25(17-27(26)42-13-5-12-39-10-2-3-11-39)35-18-36-28(22)43-21-8-9-24(23(31)15-21)38-29(40)37-20-7-4-6-19(14-20)30(32,33)34/h4,6-9,14-18H,2-3,5,10-13H2,1H3,(H2,37,38,40). The first-order valence-corrected chi connectivity index (χ1v) is 14.0. The van der Waals surface area contributed by atoms with Crippen LogP contribution in [0.15, 0.2) is 60.9 Å². The van der Waals surface area contributed by atoms with Gasteiger partial charge in [-0.3, -0.25) is 0 Å². The number of benzene rings is 3. The highest BCUT2D eigenvalue weighted by Crippen LogP contribution is 2.37. The van der Waals surface area contributed by atoms with Crippen LogP contribution in [0.4, 0.5) is 29.3 Å². The van der Waals surface area contributed by atoms with Crippen LogP contribution in [0.25, 0.3) is 10.9 Å². The zero-order valence-electron chi connectivity index (χ0n) is 23.2. The number of likely N-dealkylation sites (tertiary alicyclic amines) is 1. The molecule has 0 saturated carbocycles. The smallest absolute Gasteiger partial charge is 0.416 e. The Morgan fingerprint density at radius 3 is 2.58 bits per heavy atom. The van der Waals surface area contributed by atoms with Crippen LogP contribution in [0.3, 0.4) is 0 Å². The second kappa shape index (κ2) is 13.3. The second-order valence-electron chi connectivity index (χ2n) is 9.85. The van der Waals surface area contributed by atoms with Crippen molar-refractivity contribution in [2.75, 3.05) is 44.0 Å². The Bertz CT molecular complexity index is 1600. The number of rotatable bonds is 10. The lowest BCUT2D eigenvalue weighted by atomic mass is 10.2. The highest BCUT2D eigenvalue weighted by Gasteiger charge is 2.30. The predicted molar refractivity (Wildman–Crippen MR) is 157 cm³/mol. The van der Waals surface area contributed by atoms with Crippen molar-refractivity contribution in [3.63, 3.8) is 0 Å². The summed E-state index contributed by atoms with van der Waals surface area (Å²) in [4.78, 5) is 23.5. The van der Waals surface area contributed by atoms with Gasteiger partial charge >= 0.3 is 12.2 Å². The van der Waals surface area contributed by atoms with E-state index >= 15 is 0 Å². The molecule has 0 radical (unpaired) electrons. The third kappa shape index (κ3) is 7.76. The number of hydrogen-bond acceptors (Lipinski definition) is 7. The van der Waals surface area contributed by atoms with Crippen molar-refractivity contribution in [3.8, 4) is 23.1 Å². The van der Waals surface area contributed by atoms with Gasteiger partial charge in [0, 0.05) is 24.4 Å². The summed E-state index contributed by atoms with van der Waals surface area (Å²) in [6.45, 7) is 3.82. The van der Waals surface area contributed by atoms with Crippen molar-refractivity contribution in [2.45, 2.75) is 25.4 Å². The summed E-state index contributed by atoms with van der Waals surface area (Å²) in [5, 5.41) is 5.61. The first-order valence-electron chi connectivity index (χ1n) is 13.6. The number of urea groups is 1. The van der Waals surface area contributed by atoms with E-state index in [-0.39, 0.29) is 22.3 Å². The summed E-state index contributed by atoms with van der Waals surface area (Å²) in [5.74, 6) is 1.67. The third-order valence-corrected chi connectivity index (χ3v) is 7.12. The molecule has 9 nitrogen and oxygen atoms in total. The van der Waals surface area contributed by atoms with Crippen LogP contribution in [-0.2, 0) is 6.18 Å². The third-order valence-electron chi connectivity index (χ3n) is 6.81. The number of carbonyl (C=O) groups is 1. The van der Waals surface area contributed by atoms with Crippen LogP contribution in [0.5, 0.6) is 23.1 Å². The van der Waals surface area contributed by atoms with Crippen LogP contribution >= 0.6 is 11.6 Å². The normalized spacial score (nSPS) is 13.6. The molecule has 1 fully saturated rings. The number of nitrogens with zero attached hydrogens (tertiary/aromatic N) is 3. The average Bonchev–Trinajstić information content (AvgIpc) is 3.50. The van der Waals surface area contributed by atoms with Gasteiger partial charge in [-0.2, -0.15) is 13.2 Å². The quantitative estimate of drug-likeness (QED) is 0.177. The summed E-state index contributed by atoms with van der Waals surface area (Å²) >= 11 is 6.37. The van der Waals surface area contributed by atoms with Gasteiger partial charge in [-0.25, -0.2) is 14.8 Å². The van der Waals surface area contributed by atoms with Crippen molar-refractivity contribution in [2.24, 2.45) is 0 Å². The molecule has 3 aromatic carbocycles. The fraction of sp³-hybridized carbons (Fsp3) is 0.300. The maximum Gasteiger partial charge on any atom is 0.416 e. The first-order chi connectivity index (χ1) is 20.7. The number of halogens is 4. The minimum absolute atomic E-state index is 0.0231. The van der Waals surface area contributed by atoms with Gasteiger partial charge < -0.3 is 29.7 Å². The van der Waals surface area contributed by atoms with E-state index in [1.165, 1.54) is 43.4 Å². The Morgan fingerprint density at radius 1 is 1.02 bits per heavy atom. The molecule has 1 aliphatic heterocycles. The molecule has 13 heteroatoms. The lowest BCUT2D eigenvalue weighted by Crippen LogP contribution is -2.21. The molecule has 1 saturated heterocycles. The molecular formula is C30H29ClF3N5O4. The number of carbonyl (C=O) groups excluding carboxylic acids is 1. The van der Waals surface area contributed by atoms with Gasteiger partial charge in [0.2, 0.25) is 5.88 Å². The van der Waals surface area contributed by atoms with E-state index in [1.807, 2.05) is 0 Å². The van der Waals surface area contributed by atoms with Gasteiger partial charge in [0.25, 0.3) is 0 Å². The highest BCUT2D eigenvalue weighted by molar-refractivity contribution is 6.34. The molecule has 2 N–H and O–H groups in total. The zero-order valence-corrected chi connectivity index (χ0v) is 24.0. The zero-order chi connectivity index (χ0) is 30.4. The molecule has 0 aliphatic carbocycles. The van der Waals surface area contributed by atoms with Crippen LogP contribution < -0.4 is 24.8 Å². The van der Waals surface area contributed by atoms with Crippen LogP contribution in [0.2, 0.25) is 5.02 Å². The largest absolute Gasteiger partial charge is 0.493 e. The Morgan fingerprint density at radius 2 is 1.84 bits per heavy atom. The Hall–Kier alpha value is -4.29. The molecule has 2 amide bonds. The lowest BCUT2D eigenvalue weighted by molar-refractivity contribution is -0.137. The van der Waals surface area contributed by atoms with Crippen LogP contribution in [0, 0.1) is 0 Å². The number of fused-ring (bicyclic) bond motifs is 1. The molecule has 0 unspecified atom stereocenters. The monoisotopic (exact) mass is 615 g/mol. The van der Waals surface area contributed by atoms with Gasteiger partial charge in [-0.1, -0.05) is 17.7 Å². The number of amides is 2. The molecule has 226 valence electrons. The fourth-order valence-electron chi connectivity index (χ4n) is 4.70. The highest BCUT2D eigenvalue weighted by atomic mass is 35.5. The molecule has 0 spiro atoms. The Kier molecular flexibility index (Phi) is 9.37. The Balaban J connectivity index is 1.24. The van der Waals surface area contributed by atoms with E-state index < -0.39 is 17.8 Å². The lowest BCUT2D eigenvalue weighted by Gasteiger charge is -2.16. The van der Waals surface area contributed by atoms with E-state index in [0.29, 0.717) is 34.8 Å². The maximum absolute atomic E-state index is 13.0. The summed E-state index contributed by atoms with van der Waals surface area (Å²) < 4.78 is 56.5. The van der Waals surface area contributed by atoms with Crippen molar-refractivity contribution < 1.29 is 32.2 Å². The van der Waals surface area contributed by atoms with Gasteiger partial charge in [0.1, 0.15) is 12.1 Å². The first kappa shape index (κ1) is 30.2. The maximum atomic E-state index is 13.0. The number of alkyl halides is 3. The number of ether oxygens (including phenoxy) is 3. The second-order valence-corrected chi connectivity index (χ2v) is 10.3. The summed E-state index contributed by atoms with van der Waals surface area (Å²) in [5.41, 5.74) is -0.0864. The van der Waals surface area contributed by atoms with Crippen LogP contribution in [0.1, 0.15) is 24.8 Å². The van der Waals surface area contributed by atoms with Gasteiger partial charge in [-0.05, 0) is 68.8 Å². The molecule has 4 aromatic rings. The van der Waals surface area contributed by atoms with E-state index in [2.05, 4.69) is 25.5 Å². The Labute approximate surface area is 250 Å². The van der Waals surface area contributed by atoms with Gasteiger partial charge in [0.05, 0.1) is 40.9 Å². The predicted octanol–water partition coefficient (Wildman–Crippen LogP) is 7.61. The summed E-state index contributed by atoms with van der Waals surface area (Å²) in [7, 11) is 1.55. The van der Waals surface area contributed by atoms with Gasteiger partial charge in [0.15, 0.2) is 11.5 Å². The van der Waals surface area contributed by atoms with Crippen LogP contribution in [-0.4, -0.2) is 54.2 Å². The SMILES string of the molecule is COc1cc2c(Oc3ccc(NC(=O)Nc4cccc(C(F)(F)F)c4)c(Cl)c3)ncnc2cc1OCCCN1CCCC1. The number of anilines is 2. The van der Waals surface area contributed by atoms with Gasteiger partial charge in [-0.15, -0.1) is 0 Å². The fourth-order valence-corrected chi connectivity index (χ4v) is 4.92. The molecular weight excluding hydrogens is 587 g/mol. The molecule has 43 heavy (non-hydrogen) atoms. The summed E-state index contributed by atoms with van der Waals surface area (Å²) in [6.07, 6.45) is 0.242. The number of methoxy groups -OCH3 is 1. The number of hydrogen-bond donors (Lipinski definition) is 2. The molecule has 1 aromatic heterocycles. The number of aromatic nitrogens is 2. The summed E-state index contributed by atoms with van der Waals surface area (Å²) in [6, 6.07) is 11.6. The molecule has 1 aliphatic rings. The van der Waals surface area contributed by atoms with E-state index in [1.54, 1.807) is 25.3 Å². The van der Waals surface area contributed by atoms with E-state index in [9.17, 15) is 18.0 Å². The molecule has 2 heterocycles. The van der Waals surface area contributed by atoms with Crippen molar-refractivity contribution in [3.05, 3.63) is 71.5 Å². The molecule has 0 atom stereocenters. The topological polar surface area (TPSA) is 97.8 Å². The van der Waals surface area contributed by atoms with Crippen molar-refractivity contribution in [1.82, 2.24) is 14.9 Å². The molecule has 5 rings (SSSR count). The average molecular weight is 616 g/mol. The number of nitrogens with one attached hydrogen (secondary N) is 2. The van der Waals surface area contributed by atoms with Crippen molar-refractivity contribution >= 4 is 39.9 Å².